The Bertz CT molecular complexity index is 1920. The van der Waals surface area contributed by atoms with Crippen LogP contribution in [0.2, 0.25) is 0 Å². The Morgan fingerprint density at radius 3 is 2.55 bits per heavy atom. The minimum Gasteiger partial charge on any atom is -0.455 e. The number of hydrogen-bond donors (Lipinski definition) is 0. The average molecular weight is 585 g/mol. The van der Waals surface area contributed by atoms with Gasteiger partial charge >= 0.3 is 0 Å². The Kier molecular flexibility index (Phi) is 7.09. The molecule has 0 radical (unpaired) electrons. The molecule has 2 aromatic heterocycles. The molecule has 1 saturated heterocycles. The molecular weight excluding hydrogens is 548 g/mol. The van der Waals surface area contributed by atoms with Crippen molar-refractivity contribution in [2.24, 2.45) is 7.05 Å². The number of piperidine rings is 1. The first-order valence-corrected chi connectivity index (χ1v) is 16.2. The van der Waals surface area contributed by atoms with Gasteiger partial charge in [-0.1, -0.05) is 48.9 Å². The van der Waals surface area contributed by atoms with Crippen molar-refractivity contribution in [3.8, 4) is 11.3 Å². The highest BCUT2D eigenvalue weighted by Gasteiger charge is 2.31. The van der Waals surface area contributed by atoms with Gasteiger partial charge in [-0.15, -0.1) is 0 Å². The Morgan fingerprint density at radius 2 is 1.86 bits per heavy atom. The summed E-state index contributed by atoms with van der Waals surface area (Å²) in [7, 11) is 0.0470. The quantitative estimate of drug-likeness (QED) is 0.199. The van der Waals surface area contributed by atoms with Gasteiger partial charge in [-0.2, -0.15) is 0 Å². The summed E-state index contributed by atoms with van der Waals surface area (Å²) in [5.41, 5.74) is 6.45. The summed E-state index contributed by atoms with van der Waals surface area (Å²) >= 11 is 0. The zero-order valence-electron chi connectivity index (χ0n) is 24.7. The van der Waals surface area contributed by atoms with E-state index < -0.39 is 10.0 Å². The Balaban J connectivity index is 1.51. The molecule has 0 spiro atoms. The van der Waals surface area contributed by atoms with E-state index in [9.17, 15) is 13.2 Å². The predicted molar refractivity (Wildman–Crippen MR) is 169 cm³/mol. The number of benzene rings is 3. The smallest absolute Gasteiger partial charge is 0.232 e. The summed E-state index contributed by atoms with van der Waals surface area (Å²) < 4.78 is 35.5. The summed E-state index contributed by atoms with van der Waals surface area (Å²) in [5.74, 6) is 1.42. The summed E-state index contributed by atoms with van der Waals surface area (Å²) in [5, 5.41) is 0.720. The summed E-state index contributed by atoms with van der Waals surface area (Å²) in [6.07, 6.45) is 3.35. The minimum absolute atomic E-state index is 0.00976. The molecule has 0 N–H and O–H groups in total. The van der Waals surface area contributed by atoms with Crippen molar-refractivity contribution in [1.29, 1.82) is 0 Å². The zero-order valence-corrected chi connectivity index (χ0v) is 25.5. The van der Waals surface area contributed by atoms with E-state index in [1.165, 1.54) is 10.6 Å². The monoisotopic (exact) mass is 584 g/mol. The van der Waals surface area contributed by atoms with Gasteiger partial charge in [-0.05, 0) is 43.5 Å². The third kappa shape index (κ3) is 4.85. The van der Waals surface area contributed by atoms with Crippen LogP contribution in [0.3, 0.4) is 0 Å². The Hall–Kier alpha value is -4.11. The predicted octanol–water partition coefficient (Wildman–Crippen LogP) is 6.67. The number of para-hydroxylation sites is 2. The van der Waals surface area contributed by atoms with Gasteiger partial charge < -0.3 is 13.9 Å². The molecule has 6 rings (SSSR count). The van der Waals surface area contributed by atoms with Crippen LogP contribution in [0.25, 0.3) is 33.3 Å². The molecule has 42 heavy (non-hydrogen) atoms. The molecule has 3 heterocycles. The van der Waals surface area contributed by atoms with Crippen molar-refractivity contribution < 1.29 is 17.6 Å². The van der Waals surface area contributed by atoms with Crippen LogP contribution >= 0.6 is 0 Å². The van der Waals surface area contributed by atoms with Crippen LogP contribution in [-0.2, 0) is 17.1 Å². The molecule has 1 aliphatic rings. The Labute approximate surface area is 246 Å². The molecule has 0 amide bonds. The number of Topliss-reactive ketones (excluding diaryl/α,β-unsaturated/α-hetero) is 1. The van der Waals surface area contributed by atoms with Crippen LogP contribution in [0.5, 0.6) is 0 Å². The number of furan rings is 1. The van der Waals surface area contributed by atoms with E-state index in [1.54, 1.807) is 13.1 Å². The van der Waals surface area contributed by atoms with E-state index in [-0.39, 0.29) is 11.7 Å². The number of rotatable bonds is 7. The van der Waals surface area contributed by atoms with E-state index in [2.05, 4.69) is 15.5 Å². The summed E-state index contributed by atoms with van der Waals surface area (Å²) in [4.78, 5) is 20.6. The molecular formula is C33H36N4O4S. The highest BCUT2D eigenvalue weighted by atomic mass is 32.2. The summed E-state index contributed by atoms with van der Waals surface area (Å²) in [6, 6.07) is 19.8. The maximum absolute atomic E-state index is 13.4. The van der Waals surface area contributed by atoms with Gasteiger partial charge in [0.05, 0.1) is 28.5 Å². The number of imidazole rings is 1. The van der Waals surface area contributed by atoms with Gasteiger partial charge in [0.1, 0.15) is 11.3 Å². The molecule has 3 aromatic carbocycles. The SMILES string of the molecule is CCC(=O)c1c(-c2ccc(C)cc2)oc2cc(N(C)S(C)(=O)=O)c([C@@H]3CCCN(c4nc5ccccc5n4C)C3)cc12. The number of carbonyl (C=O) groups is 1. The molecule has 5 aromatic rings. The minimum atomic E-state index is -3.56. The fraction of sp³-hybridized carbons (Fsp3) is 0.333. The fourth-order valence-electron chi connectivity index (χ4n) is 6.12. The number of fused-ring (bicyclic) bond motifs is 2. The lowest BCUT2D eigenvalue weighted by molar-refractivity contribution is 0.0989. The standard InChI is InChI=1S/C33H36N4O4S/c1-6-29(38)31-25-18-24(23-10-9-17-37(20-23)33-34-26-11-7-8-12-27(26)35(33)3)28(36(4)42(5,39)40)19-30(25)41-32(31)22-15-13-21(2)14-16-22/h7-8,11-16,18-19,23H,6,9-10,17,20H2,1-5H3/t23-/m1/s1. The molecule has 1 aliphatic heterocycles. The molecule has 0 bridgehead atoms. The first-order valence-electron chi connectivity index (χ1n) is 14.4. The highest BCUT2D eigenvalue weighted by Crippen LogP contribution is 2.42. The number of hydrogen-bond acceptors (Lipinski definition) is 6. The fourth-order valence-corrected chi connectivity index (χ4v) is 6.63. The van der Waals surface area contributed by atoms with Gasteiger partial charge in [0.15, 0.2) is 5.78 Å². The summed E-state index contributed by atoms with van der Waals surface area (Å²) in [6.45, 7) is 5.40. The average Bonchev–Trinajstić information content (AvgIpc) is 3.53. The van der Waals surface area contributed by atoms with Crippen LogP contribution in [-0.4, -0.2) is 50.1 Å². The van der Waals surface area contributed by atoms with Gasteiger partial charge in [0.2, 0.25) is 16.0 Å². The van der Waals surface area contributed by atoms with Crippen molar-refractivity contribution >= 4 is 49.4 Å². The number of carbonyl (C=O) groups excluding carboxylic acids is 1. The number of anilines is 2. The molecule has 1 fully saturated rings. The lowest BCUT2D eigenvalue weighted by Gasteiger charge is -2.35. The van der Waals surface area contributed by atoms with Gasteiger partial charge in [0.25, 0.3) is 0 Å². The Morgan fingerprint density at radius 1 is 1.12 bits per heavy atom. The largest absolute Gasteiger partial charge is 0.455 e. The van der Waals surface area contributed by atoms with Crippen LogP contribution in [0.1, 0.15) is 53.6 Å². The number of ketones is 1. The third-order valence-electron chi connectivity index (χ3n) is 8.50. The van der Waals surface area contributed by atoms with E-state index in [1.807, 2.05) is 69.4 Å². The second-order valence-corrected chi connectivity index (χ2v) is 13.3. The van der Waals surface area contributed by atoms with Gasteiger partial charge in [0, 0.05) is 56.5 Å². The lowest BCUT2D eigenvalue weighted by Crippen LogP contribution is -2.37. The van der Waals surface area contributed by atoms with Crippen molar-refractivity contribution in [1.82, 2.24) is 9.55 Å². The van der Waals surface area contributed by atoms with Crippen molar-refractivity contribution in [3.63, 3.8) is 0 Å². The third-order valence-corrected chi connectivity index (χ3v) is 9.69. The van der Waals surface area contributed by atoms with Crippen LogP contribution in [0, 0.1) is 6.92 Å². The number of aromatic nitrogens is 2. The van der Waals surface area contributed by atoms with Crippen LogP contribution in [0.4, 0.5) is 11.6 Å². The maximum atomic E-state index is 13.4. The van der Waals surface area contributed by atoms with E-state index >= 15 is 0 Å². The van der Waals surface area contributed by atoms with E-state index in [0.717, 1.165) is 58.4 Å². The normalized spacial score (nSPS) is 15.9. The first kappa shape index (κ1) is 28.0. The number of sulfonamides is 1. The van der Waals surface area contributed by atoms with E-state index in [0.29, 0.717) is 35.6 Å². The molecule has 1 atom stereocenters. The highest BCUT2D eigenvalue weighted by molar-refractivity contribution is 7.92. The molecule has 8 nitrogen and oxygen atoms in total. The van der Waals surface area contributed by atoms with Gasteiger partial charge in [-0.25, -0.2) is 13.4 Å². The number of aryl methyl sites for hydroxylation is 2. The second kappa shape index (κ2) is 10.6. The van der Waals surface area contributed by atoms with Crippen LogP contribution in [0.15, 0.2) is 65.1 Å². The lowest BCUT2D eigenvalue weighted by atomic mass is 9.87. The topological polar surface area (TPSA) is 88.7 Å². The van der Waals surface area contributed by atoms with Crippen molar-refractivity contribution in [3.05, 3.63) is 77.4 Å². The first-order chi connectivity index (χ1) is 20.1. The second-order valence-electron chi connectivity index (χ2n) is 11.3. The zero-order chi connectivity index (χ0) is 29.8. The molecule has 0 saturated carbocycles. The van der Waals surface area contributed by atoms with Crippen molar-refractivity contribution in [2.75, 3.05) is 35.6 Å². The van der Waals surface area contributed by atoms with E-state index in [4.69, 9.17) is 9.40 Å². The molecule has 218 valence electrons. The molecule has 0 unspecified atom stereocenters. The van der Waals surface area contributed by atoms with Gasteiger partial charge in [-0.3, -0.25) is 9.10 Å². The van der Waals surface area contributed by atoms with Crippen LogP contribution < -0.4 is 9.21 Å². The van der Waals surface area contributed by atoms with Crippen molar-refractivity contribution in [2.45, 2.75) is 39.0 Å². The maximum Gasteiger partial charge on any atom is 0.232 e. The molecule has 9 heteroatoms. The molecule has 0 aliphatic carbocycles. The number of nitrogens with zero attached hydrogens (tertiary/aromatic N) is 4.